The van der Waals surface area contributed by atoms with Gasteiger partial charge in [-0.25, -0.2) is 4.79 Å². The zero-order valence-electron chi connectivity index (χ0n) is 16.7. The number of carbonyl (C=O) groups is 1. The van der Waals surface area contributed by atoms with Gasteiger partial charge >= 0.3 is 6.09 Å². The third-order valence-electron chi connectivity index (χ3n) is 5.93. The minimum atomic E-state index is -0.447. The Morgan fingerprint density at radius 3 is 2.42 bits per heavy atom. The first-order valence-electron chi connectivity index (χ1n) is 10.1. The summed E-state index contributed by atoms with van der Waals surface area (Å²) in [5.74, 6) is 1.12. The lowest BCUT2D eigenvalue weighted by atomic mass is 9.74. The van der Waals surface area contributed by atoms with Crippen LogP contribution in [0.5, 0.6) is 0 Å². The van der Waals surface area contributed by atoms with Gasteiger partial charge in [0.1, 0.15) is 5.60 Å². The minimum absolute atomic E-state index is 0.242. The summed E-state index contributed by atoms with van der Waals surface area (Å²) in [5.41, 5.74) is 0.922. The lowest BCUT2D eigenvalue weighted by molar-refractivity contribution is 0.0426. The smallest absolute Gasteiger partial charge is 0.407 e. The second-order valence-corrected chi connectivity index (χ2v) is 8.99. The molecular weight excluding hydrogens is 324 g/mol. The van der Waals surface area contributed by atoms with E-state index in [2.05, 4.69) is 47.5 Å². The van der Waals surface area contributed by atoms with E-state index in [1.165, 1.54) is 24.8 Å². The molecule has 1 saturated heterocycles. The molecule has 0 aromatic heterocycles. The number of hydrogen-bond donors (Lipinski definition) is 1. The van der Waals surface area contributed by atoms with Gasteiger partial charge in [-0.1, -0.05) is 36.8 Å². The Labute approximate surface area is 158 Å². The fraction of sp³-hybridized carbons (Fsp3) is 0.682. The third kappa shape index (κ3) is 4.79. The summed E-state index contributed by atoms with van der Waals surface area (Å²) in [6.45, 7) is 10.2. The van der Waals surface area contributed by atoms with Crippen LogP contribution < -0.4 is 5.32 Å². The maximum Gasteiger partial charge on any atom is 0.407 e. The standard InChI is InChI=1S/C22H34N2O2/c1-16(17-9-6-5-7-10-17)24-14-13-19(15-24)20(18-11-8-12-18)23-21(25)26-22(2,3)4/h5-7,9-10,16,18-20H,8,11-15H2,1-4H3,(H,23,25)/t16-,19+,20?/m0/s1. The van der Waals surface area contributed by atoms with Crippen LogP contribution >= 0.6 is 0 Å². The first-order valence-corrected chi connectivity index (χ1v) is 10.1. The molecule has 0 spiro atoms. The largest absolute Gasteiger partial charge is 0.444 e. The second-order valence-electron chi connectivity index (χ2n) is 8.99. The number of amides is 1. The molecule has 1 heterocycles. The van der Waals surface area contributed by atoms with Gasteiger partial charge in [0.25, 0.3) is 0 Å². The van der Waals surface area contributed by atoms with Crippen LogP contribution in [-0.2, 0) is 4.74 Å². The van der Waals surface area contributed by atoms with Crippen molar-refractivity contribution >= 4 is 6.09 Å². The molecule has 2 fully saturated rings. The highest BCUT2D eigenvalue weighted by atomic mass is 16.6. The average Bonchev–Trinajstić information content (AvgIpc) is 3.00. The van der Waals surface area contributed by atoms with Crippen molar-refractivity contribution in [1.82, 2.24) is 10.2 Å². The highest BCUT2D eigenvalue weighted by molar-refractivity contribution is 5.68. The highest BCUT2D eigenvalue weighted by Crippen LogP contribution is 2.37. The molecule has 3 atom stereocenters. The molecular formula is C22H34N2O2. The van der Waals surface area contributed by atoms with Crippen LogP contribution in [0.15, 0.2) is 30.3 Å². The molecule has 1 aliphatic carbocycles. The number of nitrogens with zero attached hydrogens (tertiary/aromatic N) is 1. The zero-order chi connectivity index (χ0) is 18.7. The van der Waals surface area contributed by atoms with E-state index in [1.54, 1.807) is 0 Å². The fourth-order valence-electron chi connectivity index (χ4n) is 4.27. The number of hydrogen-bond acceptors (Lipinski definition) is 3. The van der Waals surface area contributed by atoms with E-state index in [0.717, 1.165) is 19.5 Å². The Bertz CT molecular complexity index is 592. The molecule has 3 rings (SSSR count). The summed E-state index contributed by atoms with van der Waals surface area (Å²) in [4.78, 5) is 14.9. The molecule has 26 heavy (non-hydrogen) atoms. The SMILES string of the molecule is C[C@@H](c1ccccc1)N1CC[C@@H](C(NC(=O)OC(C)(C)C)C2CCC2)C1. The van der Waals surface area contributed by atoms with Crippen LogP contribution in [0.4, 0.5) is 4.79 Å². The summed E-state index contributed by atoms with van der Waals surface area (Å²) >= 11 is 0. The van der Waals surface area contributed by atoms with Gasteiger partial charge in [0.2, 0.25) is 0 Å². The van der Waals surface area contributed by atoms with Crippen molar-refractivity contribution < 1.29 is 9.53 Å². The quantitative estimate of drug-likeness (QED) is 0.825. The Kier molecular flexibility index (Phi) is 5.91. The van der Waals surface area contributed by atoms with Gasteiger partial charge in [0.05, 0.1) is 0 Å². The monoisotopic (exact) mass is 358 g/mol. The Hall–Kier alpha value is -1.55. The van der Waals surface area contributed by atoms with Gasteiger partial charge in [-0.2, -0.15) is 0 Å². The molecule has 1 unspecified atom stereocenters. The van der Waals surface area contributed by atoms with E-state index in [1.807, 2.05) is 20.8 Å². The number of alkyl carbamates (subject to hydrolysis) is 1. The summed E-state index contributed by atoms with van der Waals surface area (Å²) in [6.07, 6.45) is 4.63. The average molecular weight is 359 g/mol. The summed E-state index contributed by atoms with van der Waals surface area (Å²) < 4.78 is 5.53. The van der Waals surface area contributed by atoms with Gasteiger partial charge in [-0.15, -0.1) is 0 Å². The van der Waals surface area contributed by atoms with Gasteiger partial charge in [0, 0.05) is 18.6 Å². The van der Waals surface area contributed by atoms with Crippen LogP contribution in [0.25, 0.3) is 0 Å². The molecule has 1 N–H and O–H groups in total. The van der Waals surface area contributed by atoms with E-state index in [9.17, 15) is 4.79 Å². The van der Waals surface area contributed by atoms with Crippen LogP contribution in [-0.4, -0.2) is 35.7 Å². The van der Waals surface area contributed by atoms with E-state index in [0.29, 0.717) is 17.9 Å². The number of benzene rings is 1. The number of rotatable bonds is 5. The van der Waals surface area contributed by atoms with Crippen molar-refractivity contribution in [2.75, 3.05) is 13.1 Å². The van der Waals surface area contributed by atoms with Crippen molar-refractivity contribution in [2.45, 2.75) is 71.1 Å². The molecule has 2 aliphatic rings. The van der Waals surface area contributed by atoms with E-state index < -0.39 is 5.60 Å². The number of nitrogens with one attached hydrogen (secondary N) is 1. The normalized spacial score (nSPS) is 23.9. The van der Waals surface area contributed by atoms with Crippen LogP contribution in [0.1, 0.15) is 65.0 Å². The topological polar surface area (TPSA) is 41.6 Å². The van der Waals surface area contributed by atoms with Crippen molar-refractivity contribution in [1.29, 1.82) is 0 Å². The molecule has 1 aromatic carbocycles. The van der Waals surface area contributed by atoms with Crippen molar-refractivity contribution in [3.63, 3.8) is 0 Å². The molecule has 1 aromatic rings. The van der Waals surface area contributed by atoms with Gasteiger partial charge in [0.15, 0.2) is 0 Å². The number of carbonyl (C=O) groups excluding carboxylic acids is 1. The van der Waals surface area contributed by atoms with Crippen molar-refractivity contribution in [3.05, 3.63) is 35.9 Å². The van der Waals surface area contributed by atoms with Crippen LogP contribution in [0, 0.1) is 11.8 Å². The Morgan fingerprint density at radius 1 is 1.15 bits per heavy atom. The maximum absolute atomic E-state index is 12.4. The van der Waals surface area contributed by atoms with Gasteiger partial charge < -0.3 is 10.1 Å². The Balaban J connectivity index is 1.62. The summed E-state index contributed by atoms with van der Waals surface area (Å²) in [6, 6.07) is 11.4. The first kappa shape index (κ1) is 19.2. The van der Waals surface area contributed by atoms with Gasteiger partial charge in [-0.3, -0.25) is 4.90 Å². The molecule has 4 nitrogen and oxygen atoms in total. The second kappa shape index (κ2) is 7.99. The van der Waals surface area contributed by atoms with E-state index in [-0.39, 0.29) is 12.1 Å². The third-order valence-corrected chi connectivity index (χ3v) is 5.93. The van der Waals surface area contributed by atoms with Gasteiger partial charge in [-0.05, 0) is 70.9 Å². The lowest BCUT2D eigenvalue weighted by Gasteiger charge is -2.38. The predicted octanol–water partition coefficient (Wildman–Crippen LogP) is 4.76. The number of likely N-dealkylation sites (tertiary alicyclic amines) is 1. The van der Waals surface area contributed by atoms with E-state index >= 15 is 0 Å². The highest BCUT2D eigenvalue weighted by Gasteiger charge is 2.39. The van der Waals surface area contributed by atoms with E-state index in [4.69, 9.17) is 4.74 Å². The molecule has 4 heteroatoms. The minimum Gasteiger partial charge on any atom is -0.444 e. The van der Waals surface area contributed by atoms with Crippen molar-refractivity contribution in [2.24, 2.45) is 11.8 Å². The van der Waals surface area contributed by atoms with Crippen LogP contribution in [0.2, 0.25) is 0 Å². The van der Waals surface area contributed by atoms with Crippen LogP contribution in [0.3, 0.4) is 0 Å². The Morgan fingerprint density at radius 2 is 1.85 bits per heavy atom. The lowest BCUT2D eigenvalue weighted by Crippen LogP contribution is -2.49. The maximum atomic E-state index is 12.4. The molecule has 0 bridgehead atoms. The number of ether oxygens (including phenoxy) is 1. The summed E-state index contributed by atoms with van der Waals surface area (Å²) in [5, 5.41) is 3.23. The molecule has 1 saturated carbocycles. The molecule has 0 radical (unpaired) electrons. The predicted molar refractivity (Wildman–Crippen MR) is 105 cm³/mol. The molecule has 1 amide bonds. The zero-order valence-corrected chi connectivity index (χ0v) is 16.7. The first-order chi connectivity index (χ1) is 12.3. The molecule has 1 aliphatic heterocycles. The molecule has 144 valence electrons. The van der Waals surface area contributed by atoms with Crippen molar-refractivity contribution in [3.8, 4) is 0 Å². The summed E-state index contributed by atoms with van der Waals surface area (Å²) in [7, 11) is 0. The fourth-order valence-corrected chi connectivity index (χ4v) is 4.27.